The Morgan fingerprint density at radius 1 is 1.17 bits per heavy atom. The van der Waals surface area contributed by atoms with Gasteiger partial charge >= 0.3 is 0 Å². The summed E-state index contributed by atoms with van der Waals surface area (Å²) < 4.78 is 0. The molecule has 1 aliphatic heterocycles. The van der Waals surface area contributed by atoms with Crippen LogP contribution in [0.1, 0.15) is 59.3 Å². The number of nitrogens with zero attached hydrogens (tertiary/aromatic N) is 1. The van der Waals surface area contributed by atoms with E-state index in [1.165, 1.54) is 63.0 Å². The summed E-state index contributed by atoms with van der Waals surface area (Å²) in [5, 5.41) is 3.51. The molecule has 0 aromatic carbocycles. The molecule has 104 valence electrons. The van der Waals surface area contributed by atoms with Gasteiger partial charge in [-0.1, -0.05) is 25.8 Å². The molecule has 0 atom stereocenters. The molecule has 0 unspecified atom stereocenters. The molecule has 0 saturated carbocycles. The topological polar surface area (TPSA) is 15.3 Å². The second kappa shape index (κ2) is 9.07. The second-order valence-electron chi connectivity index (χ2n) is 5.22. The summed E-state index contributed by atoms with van der Waals surface area (Å²) in [5.74, 6) is 0. The van der Waals surface area contributed by atoms with Crippen molar-refractivity contribution >= 4 is 0 Å². The standard InChI is InChI=1S/C16H30N2/c1-4-6-8-11-17-15(3)14-16(5-2)18-12-9-7-10-13-18/h5,14,17H,4,6-13H2,1-3H3/b15-14+,16-5+. The molecular formula is C16H30N2. The van der Waals surface area contributed by atoms with Crippen molar-refractivity contribution in [3.63, 3.8) is 0 Å². The normalized spacial score (nSPS) is 18.1. The number of allylic oxidation sites excluding steroid dienone is 3. The summed E-state index contributed by atoms with van der Waals surface area (Å²) in [6.45, 7) is 10.1. The number of unbranched alkanes of at least 4 members (excludes halogenated alkanes) is 2. The molecule has 0 bridgehead atoms. The Balaban J connectivity index is 2.39. The van der Waals surface area contributed by atoms with Gasteiger partial charge in [-0.15, -0.1) is 0 Å². The van der Waals surface area contributed by atoms with Crippen LogP contribution in [-0.4, -0.2) is 24.5 Å². The SMILES string of the molecule is C/C=C(\C=C(/C)NCCCCC)N1CCCCC1. The molecule has 1 fully saturated rings. The van der Waals surface area contributed by atoms with Gasteiger partial charge in [0.15, 0.2) is 0 Å². The summed E-state index contributed by atoms with van der Waals surface area (Å²) in [4.78, 5) is 2.51. The maximum atomic E-state index is 3.51. The Morgan fingerprint density at radius 2 is 1.89 bits per heavy atom. The van der Waals surface area contributed by atoms with E-state index in [1.807, 2.05) is 0 Å². The highest BCUT2D eigenvalue weighted by atomic mass is 15.1. The zero-order valence-corrected chi connectivity index (χ0v) is 12.5. The van der Waals surface area contributed by atoms with Crippen LogP contribution in [0.25, 0.3) is 0 Å². The third kappa shape index (κ3) is 5.61. The van der Waals surface area contributed by atoms with Gasteiger partial charge in [0, 0.05) is 31.0 Å². The summed E-state index contributed by atoms with van der Waals surface area (Å²) >= 11 is 0. The lowest BCUT2D eigenvalue weighted by Gasteiger charge is -2.30. The van der Waals surface area contributed by atoms with E-state index >= 15 is 0 Å². The molecule has 0 aromatic rings. The van der Waals surface area contributed by atoms with Crippen LogP contribution in [0.2, 0.25) is 0 Å². The van der Waals surface area contributed by atoms with Crippen LogP contribution in [-0.2, 0) is 0 Å². The van der Waals surface area contributed by atoms with E-state index in [0.717, 1.165) is 6.54 Å². The second-order valence-corrected chi connectivity index (χ2v) is 5.22. The molecule has 0 radical (unpaired) electrons. The number of rotatable bonds is 7. The molecule has 1 aliphatic rings. The molecule has 0 aromatic heterocycles. The molecular weight excluding hydrogens is 220 g/mol. The molecule has 1 heterocycles. The first-order chi connectivity index (χ1) is 8.77. The average molecular weight is 250 g/mol. The van der Waals surface area contributed by atoms with Gasteiger partial charge in [-0.2, -0.15) is 0 Å². The number of hydrogen-bond acceptors (Lipinski definition) is 2. The van der Waals surface area contributed by atoms with E-state index in [0.29, 0.717) is 0 Å². The number of likely N-dealkylation sites (tertiary alicyclic amines) is 1. The summed E-state index contributed by atoms with van der Waals surface area (Å²) in [6, 6.07) is 0. The third-order valence-corrected chi connectivity index (χ3v) is 3.57. The lowest BCUT2D eigenvalue weighted by Crippen LogP contribution is -2.28. The largest absolute Gasteiger partial charge is 0.389 e. The maximum absolute atomic E-state index is 3.51. The summed E-state index contributed by atoms with van der Waals surface area (Å²) in [6.07, 6.45) is 12.5. The molecule has 0 amide bonds. The minimum atomic E-state index is 1.10. The zero-order valence-electron chi connectivity index (χ0n) is 12.5. The van der Waals surface area contributed by atoms with E-state index in [9.17, 15) is 0 Å². The van der Waals surface area contributed by atoms with Crippen LogP contribution in [0, 0.1) is 0 Å². The zero-order chi connectivity index (χ0) is 13.2. The highest BCUT2D eigenvalue weighted by molar-refractivity contribution is 5.20. The van der Waals surface area contributed by atoms with Gasteiger partial charge in [0.2, 0.25) is 0 Å². The Morgan fingerprint density at radius 3 is 2.50 bits per heavy atom. The molecule has 2 heteroatoms. The van der Waals surface area contributed by atoms with Crippen molar-refractivity contribution in [2.24, 2.45) is 0 Å². The average Bonchev–Trinajstić information content (AvgIpc) is 2.42. The Hall–Kier alpha value is -0.920. The first-order valence-corrected chi connectivity index (χ1v) is 7.61. The minimum absolute atomic E-state index is 1.10. The van der Waals surface area contributed by atoms with E-state index in [1.54, 1.807) is 0 Å². The highest BCUT2D eigenvalue weighted by Gasteiger charge is 2.11. The molecule has 2 nitrogen and oxygen atoms in total. The van der Waals surface area contributed by atoms with Crippen molar-refractivity contribution in [3.8, 4) is 0 Å². The number of hydrogen-bond donors (Lipinski definition) is 1. The number of nitrogens with one attached hydrogen (secondary N) is 1. The van der Waals surface area contributed by atoms with E-state index in [4.69, 9.17) is 0 Å². The van der Waals surface area contributed by atoms with Gasteiger partial charge < -0.3 is 10.2 Å². The van der Waals surface area contributed by atoms with Crippen molar-refractivity contribution in [1.82, 2.24) is 10.2 Å². The van der Waals surface area contributed by atoms with Crippen LogP contribution in [0.4, 0.5) is 0 Å². The van der Waals surface area contributed by atoms with E-state index in [2.05, 4.69) is 43.1 Å². The summed E-state index contributed by atoms with van der Waals surface area (Å²) in [5.41, 5.74) is 2.68. The van der Waals surface area contributed by atoms with Crippen molar-refractivity contribution in [2.45, 2.75) is 59.3 Å². The summed E-state index contributed by atoms with van der Waals surface area (Å²) in [7, 11) is 0. The molecule has 18 heavy (non-hydrogen) atoms. The van der Waals surface area contributed by atoms with Gasteiger partial charge in [0.25, 0.3) is 0 Å². The lowest BCUT2D eigenvalue weighted by molar-refractivity contribution is 0.292. The molecule has 0 spiro atoms. The predicted molar refractivity (Wildman–Crippen MR) is 80.5 cm³/mol. The van der Waals surface area contributed by atoms with Gasteiger partial charge in [0.1, 0.15) is 0 Å². The molecule has 1 N–H and O–H groups in total. The third-order valence-electron chi connectivity index (χ3n) is 3.57. The Kier molecular flexibility index (Phi) is 7.63. The Bertz CT molecular complexity index is 273. The van der Waals surface area contributed by atoms with Crippen molar-refractivity contribution in [3.05, 3.63) is 23.5 Å². The quantitative estimate of drug-likeness (QED) is 0.541. The maximum Gasteiger partial charge on any atom is 0.0340 e. The fourth-order valence-corrected chi connectivity index (χ4v) is 2.44. The van der Waals surface area contributed by atoms with Crippen molar-refractivity contribution in [1.29, 1.82) is 0 Å². The van der Waals surface area contributed by atoms with Gasteiger partial charge in [-0.3, -0.25) is 0 Å². The molecule has 1 saturated heterocycles. The lowest BCUT2D eigenvalue weighted by atomic mass is 10.1. The van der Waals surface area contributed by atoms with Crippen LogP contribution in [0.3, 0.4) is 0 Å². The predicted octanol–water partition coefficient (Wildman–Crippen LogP) is 4.06. The van der Waals surface area contributed by atoms with Gasteiger partial charge in [-0.05, 0) is 45.6 Å². The van der Waals surface area contributed by atoms with Crippen LogP contribution < -0.4 is 5.32 Å². The highest BCUT2D eigenvalue weighted by Crippen LogP contribution is 2.16. The molecule has 0 aliphatic carbocycles. The van der Waals surface area contributed by atoms with E-state index in [-0.39, 0.29) is 0 Å². The van der Waals surface area contributed by atoms with Crippen molar-refractivity contribution < 1.29 is 0 Å². The fraction of sp³-hybridized carbons (Fsp3) is 0.750. The monoisotopic (exact) mass is 250 g/mol. The minimum Gasteiger partial charge on any atom is -0.389 e. The van der Waals surface area contributed by atoms with Gasteiger partial charge in [-0.25, -0.2) is 0 Å². The van der Waals surface area contributed by atoms with Crippen LogP contribution in [0.5, 0.6) is 0 Å². The van der Waals surface area contributed by atoms with Crippen LogP contribution in [0.15, 0.2) is 23.5 Å². The fourth-order valence-electron chi connectivity index (χ4n) is 2.44. The van der Waals surface area contributed by atoms with Gasteiger partial charge in [0.05, 0.1) is 0 Å². The van der Waals surface area contributed by atoms with Crippen LogP contribution >= 0.6 is 0 Å². The van der Waals surface area contributed by atoms with E-state index < -0.39 is 0 Å². The first kappa shape index (κ1) is 15.1. The smallest absolute Gasteiger partial charge is 0.0340 e. The Labute approximate surface area is 113 Å². The number of piperidine rings is 1. The molecule has 1 rings (SSSR count). The van der Waals surface area contributed by atoms with Crippen molar-refractivity contribution in [2.75, 3.05) is 19.6 Å². The first-order valence-electron chi connectivity index (χ1n) is 7.61.